The van der Waals surface area contributed by atoms with Gasteiger partial charge in [0.05, 0.1) is 6.54 Å². The zero-order valence-corrected chi connectivity index (χ0v) is 12.2. The summed E-state index contributed by atoms with van der Waals surface area (Å²) < 4.78 is 2.22. The summed E-state index contributed by atoms with van der Waals surface area (Å²) in [6.07, 6.45) is 7.90. The lowest BCUT2D eigenvalue weighted by molar-refractivity contribution is -0.122. The molecule has 0 atom stereocenters. The van der Waals surface area contributed by atoms with Crippen molar-refractivity contribution in [3.8, 4) is 0 Å². The summed E-state index contributed by atoms with van der Waals surface area (Å²) in [5, 5.41) is 2.82. The quantitative estimate of drug-likeness (QED) is 0.795. The van der Waals surface area contributed by atoms with Crippen LogP contribution in [0.5, 0.6) is 0 Å². The molecule has 1 fully saturated rings. The topological polar surface area (TPSA) is 50.2 Å². The number of amides is 1. The molecule has 1 aromatic rings. The van der Waals surface area contributed by atoms with Crippen LogP contribution in [0.1, 0.15) is 18.7 Å². The summed E-state index contributed by atoms with van der Waals surface area (Å²) in [5.41, 5.74) is 0. The number of nitrogens with one attached hydrogen (secondary N) is 1. The number of aromatic nitrogens is 2. The van der Waals surface area contributed by atoms with Crippen LogP contribution in [0.15, 0.2) is 25.0 Å². The number of rotatable bonds is 6. The van der Waals surface area contributed by atoms with Gasteiger partial charge in [-0.2, -0.15) is 0 Å². The maximum absolute atomic E-state index is 11.6. The normalized spacial score (nSPS) is 17.1. The van der Waals surface area contributed by atoms with E-state index in [1.165, 1.54) is 0 Å². The molecule has 1 amide bonds. The second-order valence-electron chi connectivity index (χ2n) is 5.44. The monoisotopic (exact) mass is 276 g/mol. The van der Waals surface area contributed by atoms with Crippen molar-refractivity contribution in [2.75, 3.05) is 26.2 Å². The Morgan fingerprint density at radius 2 is 2.30 bits per heavy atom. The van der Waals surface area contributed by atoms with Gasteiger partial charge in [0.15, 0.2) is 0 Å². The summed E-state index contributed by atoms with van der Waals surface area (Å²) in [6, 6.07) is 0. The predicted octanol–water partition coefficient (Wildman–Crippen LogP) is 1.21. The van der Waals surface area contributed by atoms with Gasteiger partial charge >= 0.3 is 0 Å². The molecule has 1 aromatic heterocycles. The third kappa shape index (κ3) is 4.20. The van der Waals surface area contributed by atoms with E-state index in [0.29, 0.717) is 19.0 Å². The predicted molar refractivity (Wildman–Crippen MR) is 79.3 cm³/mol. The number of hydrogen-bond donors (Lipinski definition) is 1. The highest BCUT2D eigenvalue weighted by molar-refractivity contribution is 5.78. The van der Waals surface area contributed by atoms with E-state index >= 15 is 0 Å². The Bertz CT molecular complexity index is 446. The van der Waals surface area contributed by atoms with Crippen LogP contribution in [-0.2, 0) is 11.3 Å². The van der Waals surface area contributed by atoms with E-state index in [4.69, 9.17) is 0 Å². The molecule has 0 aromatic carbocycles. The zero-order valence-electron chi connectivity index (χ0n) is 12.2. The van der Waals surface area contributed by atoms with Crippen molar-refractivity contribution in [2.24, 2.45) is 5.92 Å². The Morgan fingerprint density at radius 3 is 2.90 bits per heavy atom. The van der Waals surface area contributed by atoms with Crippen LogP contribution < -0.4 is 5.32 Å². The Balaban J connectivity index is 1.71. The van der Waals surface area contributed by atoms with Gasteiger partial charge in [0.2, 0.25) is 5.91 Å². The van der Waals surface area contributed by atoms with E-state index < -0.39 is 0 Å². The fraction of sp³-hybridized carbons (Fsp3) is 0.600. The van der Waals surface area contributed by atoms with Gasteiger partial charge in [-0.15, -0.1) is 6.58 Å². The molecule has 0 bridgehead atoms. The molecule has 2 rings (SSSR count). The number of hydrogen-bond acceptors (Lipinski definition) is 3. The summed E-state index contributed by atoms with van der Waals surface area (Å²) in [4.78, 5) is 18.1. The second-order valence-corrected chi connectivity index (χ2v) is 5.44. The zero-order chi connectivity index (χ0) is 14.4. The minimum Gasteiger partial charge on any atom is -0.352 e. The number of imidazole rings is 1. The third-order valence-electron chi connectivity index (χ3n) is 3.90. The second kappa shape index (κ2) is 7.24. The highest BCUT2D eigenvalue weighted by atomic mass is 16.2. The van der Waals surface area contributed by atoms with Gasteiger partial charge in [0.25, 0.3) is 0 Å². The van der Waals surface area contributed by atoms with Gasteiger partial charge in [-0.05, 0) is 38.8 Å². The summed E-state index contributed by atoms with van der Waals surface area (Å²) >= 11 is 0. The molecular weight excluding hydrogens is 252 g/mol. The van der Waals surface area contributed by atoms with E-state index in [1.54, 1.807) is 6.08 Å². The van der Waals surface area contributed by atoms with Crippen molar-refractivity contribution in [2.45, 2.75) is 26.3 Å². The number of carbonyl (C=O) groups is 1. The molecule has 0 unspecified atom stereocenters. The summed E-state index contributed by atoms with van der Waals surface area (Å²) in [5.74, 6) is 1.86. The minimum atomic E-state index is 0.0915. The first-order chi connectivity index (χ1) is 9.69. The molecule has 1 N–H and O–H groups in total. The smallest absolute Gasteiger partial charge is 0.234 e. The van der Waals surface area contributed by atoms with Crippen LogP contribution in [0.4, 0.5) is 0 Å². The minimum absolute atomic E-state index is 0.0915. The molecule has 0 aliphatic carbocycles. The van der Waals surface area contributed by atoms with E-state index in [1.807, 2.05) is 19.3 Å². The molecule has 110 valence electrons. The molecule has 1 aliphatic heterocycles. The van der Waals surface area contributed by atoms with Crippen LogP contribution in [0, 0.1) is 12.8 Å². The van der Waals surface area contributed by atoms with Crippen LogP contribution >= 0.6 is 0 Å². The Morgan fingerprint density at radius 1 is 1.55 bits per heavy atom. The van der Waals surface area contributed by atoms with Gasteiger partial charge in [-0.25, -0.2) is 4.98 Å². The van der Waals surface area contributed by atoms with Crippen molar-refractivity contribution >= 4 is 5.91 Å². The lowest BCUT2D eigenvalue weighted by atomic mass is 9.96. The van der Waals surface area contributed by atoms with Gasteiger partial charge in [-0.1, -0.05) is 6.08 Å². The van der Waals surface area contributed by atoms with Gasteiger partial charge in [-0.3, -0.25) is 9.69 Å². The molecule has 20 heavy (non-hydrogen) atoms. The molecular formula is C15H24N4O. The molecule has 0 radical (unpaired) electrons. The highest BCUT2D eigenvalue weighted by Crippen LogP contribution is 2.19. The Hall–Kier alpha value is -1.62. The van der Waals surface area contributed by atoms with Crippen molar-refractivity contribution in [1.29, 1.82) is 0 Å². The van der Waals surface area contributed by atoms with Crippen LogP contribution in [0.2, 0.25) is 0 Å². The number of piperidine rings is 1. The maximum Gasteiger partial charge on any atom is 0.234 e. The van der Waals surface area contributed by atoms with Crippen molar-refractivity contribution in [3.05, 3.63) is 30.9 Å². The van der Waals surface area contributed by atoms with Crippen molar-refractivity contribution in [3.63, 3.8) is 0 Å². The maximum atomic E-state index is 11.6. The highest BCUT2D eigenvalue weighted by Gasteiger charge is 2.21. The van der Waals surface area contributed by atoms with Crippen LogP contribution in [0.3, 0.4) is 0 Å². The average Bonchev–Trinajstić information content (AvgIpc) is 2.84. The Kier molecular flexibility index (Phi) is 5.35. The first kappa shape index (κ1) is 14.8. The fourth-order valence-corrected chi connectivity index (χ4v) is 2.65. The van der Waals surface area contributed by atoms with Crippen LogP contribution in [0.25, 0.3) is 0 Å². The standard InChI is InChI=1S/C15H24N4O/c1-3-6-17-15(20)12-18-8-4-14(5-9-18)11-19-10-7-16-13(19)2/h3,7,10,14H,1,4-6,8-9,11-12H2,2H3,(H,17,20). The van der Waals surface area contributed by atoms with Gasteiger partial charge in [0.1, 0.15) is 5.82 Å². The van der Waals surface area contributed by atoms with Gasteiger partial charge < -0.3 is 9.88 Å². The molecule has 5 nitrogen and oxygen atoms in total. The number of nitrogens with zero attached hydrogens (tertiary/aromatic N) is 3. The van der Waals surface area contributed by atoms with Gasteiger partial charge in [0, 0.05) is 25.5 Å². The van der Waals surface area contributed by atoms with E-state index in [9.17, 15) is 4.79 Å². The number of aryl methyl sites for hydroxylation is 1. The number of carbonyl (C=O) groups excluding carboxylic acids is 1. The van der Waals surface area contributed by atoms with E-state index in [-0.39, 0.29) is 5.91 Å². The van der Waals surface area contributed by atoms with E-state index in [2.05, 4.69) is 26.3 Å². The fourth-order valence-electron chi connectivity index (χ4n) is 2.65. The van der Waals surface area contributed by atoms with Crippen molar-refractivity contribution < 1.29 is 4.79 Å². The third-order valence-corrected chi connectivity index (χ3v) is 3.90. The molecule has 0 spiro atoms. The van der Waals surface area contributed by atoms with Crippen LogP contribution in [-0.4, -0.2) is 46.5 Å². The lowest BCUT2D eigenvalue weighted by Gasteiger charge is -2.31. The SMILES string of the molecule is C=CCNC(=O)CN1CCC(Cn2ccnc2C)CC1. The molecule has 0 saturated carbocycles. The first-order valence-electron chi connectivity index (χ1n) is 7.26. The summed E-state index contributed by atoms with van der Waals surface area (Å²) in [7, 11) is 0. The first-order valence-corrected chi connectivity index (χ1v) is 7.26. The largest absolute Gasteiger partial charge is 0.352 e. The van der Waals surface area contributed by atoms with E-state index in [0.717, 1.165) is 38.3 Å². The molecule has 2 heterocycles. The molecule has 1 saturated heterocycles. The Labute approximate surface area is 120 Å². The lowest BCUT2D eigenvalue weighted by Crippen LogP contribution is -2.42. The molecule has 5 heteroatoms. The molecule has 1 aliphatic rings. The van der Waals surface area contributed by atoms with Crippen molar-refractivity contribution in [1.82, 2.24) is 19.8 Å². The summed E-state index contributed by atoms with van der Waals surface area (Å²) in [6.45, 7) is 9.74. The average molecular weight is 276 g/mol. The number of likely N-dealkylation sites (tertiary alicyclic amines) is 1.